The second-order valence-corrected chi connectivity index (χ2v) is 6.09. The number of carbonyl (C=O) groups is 2. The summed E-state index contributed by atoms with van der Waals surface area (Å²) in [6, 6.07) is 7.76. The maximum atomic E-state index is 13.4. The first-order chi connectivity index (χ1) is 11.0. The van der Waals surface area contributed by atoms with Crippen LogP contribution in [0.2, 0.25) is 0 Å². The molecule has 23 heavy (non-hydrogen) atoms. The molecule has 1 aromatic carbocycles. The molecule has 7 heteroatoms. The van der Waals surface area contributed by atoms with Gasteiger partial charge in [0.05, 0.1) is 12.2 Å². The summed E-state index contributed by atoms with van der Waals surface area (Å²) < 4.78 is 18.4. The number of nitrogens with one attached hydrogen (secondary N) is 1. The largest absolute Gasteiger partial charge is 0.480 e. The van der Waals surface area contributed by atoms with Gasteiger partial charge in [0.1, 0.15) is 12.4 Å². The Morgan fingerprint density at radius 3 is 2.96 bits per heavy atom. The minimum absolute atomic E-state index is 0.192. The van der Waals surface area contributed by atoms with Crippen LogP contribution in [0.3, 0.4) is 0 Å². The Bertz CT molecular complexity index is 812. The molecule has 0 fully saturated rings. The summed E-state index contributed by atoms with van der Waals surface area (Å²) >= 11 is 1.38. The molecule has 2 N–H and O–H groups in total. The van der Waals surface area contributed by atoms with Gasteiger partial charge in [-0.15, -0.1) is 11.3 Å². The average Bonchev–Trinajstić information content (AvgIpc) is 3.05. The van der Waals surface area contributed by atoms with Gasteiger partial charge in [-0.05, 0) is 36.4 Å². The third-order valence-electron chi connectivity index (χ3n) is 3.20. The summed E-state index contributed by atoms with van der Waals surface area (Å²) in [5.74, 6) is -1.70. The van der Waals surface area contributed by atoms with Crippen LogP contribution in [0.4, 0.5) is 10.1 Å². The van der Waals surface area contributed by atoms with Gasteiger partial charge in [0.2, 0.25) is 0 Å². The van der Waals surface area contributed by atoms with Gasteiger partial charge >= 0.3 is 5.97 Å². The number of halogens is 1. The van der Waals surface area contributed by atoms with E-state index in [1.807, 2.05) is 6.07 Å². The summed E-state index contributed by atoms with van der Waals surface area (Å²) in [7, 11) is 0. The molecule has 0 aliphatic carbocycles. The van der Waals surface area contributed by atoms with Gasteiger partial charge in [-0.1, -0.05) is 0 Å². The van der Waals surface area contributed by atoms with Crippen LogP contribution < -0.4 is 5.32 Å². The molecular weight excluding hydrogens is 321 g/mol. The van der Waals surface area contributed by atoms with Crippen molar-refractivity contribution in [1.82, 2.24) is 0 Å². The first-order valence-corrected chi connectivity index (χ1v) is 7.56. The second-order valence-electron chi connectivity index (χ2n) is 4.89. The van der Waals surface area contributed by atoms with E-state index >= 15 is 0 Å². The van der Waals surface area contributed by atoms with Crippen LogP contribution in [0.1, 0.15) is 15.3 Å². The molecule has 0 saturated carbocycles. The topological polar surface area (TPSA) is 75.6 Å². The fraction of sp³-hybridized carbons (Fsp3) is 0.125. The molecule has 2 heterocycles. The van der Waals surface area contributed by atoms with Crippen molar-refractivity contribution in [3.63, 3.8) is 0 Å². The van der Waals surface area contributed by atoms with E-state index in [0.717, 1.165) is 9.75 Å². The molecule has 0 unspecified atom stereocenters. The average molecular weight is 333 g/mol. The molecule has 0 atom stereocenters. The van der Waals surface area contributed by atoms with Crippen LogP contribution in [-0.2, 0) is 20.9 Å². The number of thiophene rings is 1. The maximum absolute atomic E-state index is 13.4. The first kappa shape index (κ1) is 15.4. The van der Waals surface area contributed by atoms with Crippen molar-refractivity contribution in [2.45, 2.75) is 6.61 Å². The molecule has 118 valence electrons. The molecule has 3 rings (SSSR count). The molecule has 2 aromatic rings. The van der Waals surface area contributed by atoms with Crippen molar-refractivity contribution < 1.29 is 23.8 Å². The van der Waals surface area contributed by atoms with Gasteiger partial charge in [0.15, 0.2) is 0 Å². The lowest BCUT2D eigenvalue weighted by Crippen LogP contribution is -2.05. The molecule has 1 aliphatic heterocycles. The van der Waals surface area contributed by atoms with Crippen molar-refractivity contribution in [2.24, 2.45) is 0 Å². The van der Waals surface area contributed by atoms with Gasteiger partial charge in [-0.25, -0.2) is 9.18 Å². The Labute approximate surface area is 135 Å². The fourth-order valence-electron chi connectivity index (χ4n) is 2.23. The molecule has 1 aliphatic rings. The van der Waals surface area contributed by atoms with Crippen molar-refractivity contribution in [1.29, 1.82) is 0 Å². The molecule has 0 radical (unpaired) electrons. The second kappa shape index (κ2) is 6.31. The number of carboxylic acids is 1. The highest BCUT2D eigenvalue weighted by Crippen LogP contribution is 2.34. The van der Waals surface area contributed by atoms with E-state index in [-0.39, 0.29) is 19.1 Å². The highest BCUT2D eigenvalue weighted by molar-refractivity contribution is 7.13. The van der Waals surface area contributed by atoms with E-state index in [2.05, 4.69) is 5.32 Å². The van der Waals surface area contributed by atoms with Crippen molar-refractivity contribution in [2.75, 3.05) is 11.9 Å². The molecule has 0 saturated heterocycles. The summed E-state index contributed by atoms with van der Waals surface area (Å²) in [6.07, 6.45) is 1.69. The highest BCUT2D eigenvalue weighted by Gasteiger charge is 2.24. The van der Waals surface area contributed by atoms with Crippen molar-refractivity contribution in [3.05, 3.63) is 51.5 Å². The number of fused-ring (bicyclic) bond motifs is 1. The van der Waals surface area contributed by atoms with Gasteiger partial charge in [0.25, 0.3) is 5.91 Å². The number of carboxylic acid groups (broad SMARTS) is 1. The number of anilines is 1. The van der Waals surface area contributed by atoms with E-state index in [1.165, 1.54) is 29.5 Å². The van der Waals surface area contributed by atoms with E-state index in [4.69, 9.17) is 9.84 Å². The van der Waals surface area contributed by atoms with Crippen molar-refractivity contribution >= 4 is 40.5 Å². The Kier molecular flexibility index (Phi) is 4.22. The lowest BCUT2D eigenvalue weighted by atomic mass is 10.1. The number of ether oxygens (including phenoxy) is 1. The first-order valence-electron chi connectivity index (χ1n) is 6.74. The van der Waals surface area contributed by atoms with Gasteiger partial charge in [-0.2, -0.15) is 0 Å². The molecule has 1 amide bonds. The molecule has 5 nitrogen and oxygen atoms in total. The van der Waals surface area contributed by atoms with Gasteiger partial charge < -0.3 is 15.2 Å². The Morgan fingerprint density at radius 2 is 2.17 bits per heavy atom. The molecule has 0 bridgehead atoms. The Hall–Kier alpha value is -2.51. The number of amides is 1. The number of hydrogen-bond donors (Lipinski definition) is 2. The van der Waals surface area contributed by atoms with Gasteiger partial charge in [0, 0.05) is 21.0 Å². The molecule has 0 spiro atoms. The normalized spacial score (nSPS) is 14.8. The number of aliphatic carboxylic acids is 1. The standard InChI is InChI=1S/C16H12FNO4S/c17-9-1-4-14-12(5-9)13(16(21)18-14)6-10-2-3-11(23-10)7-22-8-15(19)20/h1-6H,7-8H2,(H,18,21)(H,19,20)/b13-6-. The van der Waals surface area contributed by atoms with Crippen molar-refractivity contribution in [3.8, 4) is 0 Å². The summed E-state index contributed by atoms with van der Waals surface area (Å²) in [5.41, 5.74) is 1.52. The zero-order valence-electron chi connectivity index (χ0n) is 11.8. The third-order valence-corrected chi connectivity index (χ3v) is 4.21. The highest BCUT2D eigenvalue weighted by atomic mass is 32.1. The molecular formula is C16H12FNO4S. The fourth-order valence-corrected chi connectivity index (χ4v) is 3.13. The van der Waals surface area contributed by atoms with E-state index in [0.29, 0.717) is 16.8 Å². The van der Waals surface area contributed by atoms with Crippen LogP contribution in [-0.4, -0.2) is 23.6 Å². The Balaban J connectivity index is 1.80. The van der Waals surface area contributed by atoms with Gasteiger partial charge in [-0.3, -0.25) is 4.79 Å². The number of benzene rings is 1. The van der Waals surface area contributed by atoms with Crippen LogP contribution in [0.25, 0.3) is 11.6 Å². The smallest absolute Gasteiger partial charge is 0.329 e. The lowest BCUT2D eigenvalue weighted by molar-refractivity contribution is -0.142. The number of carbonyl (C=O) groups excluding carboxylic acids is 1. The zero-order chi connectivity index (χ0) is 16.4. The SMILES string of the molecule is O=C(O)COCc1ccc(/C=C2\C(=O)Nc3ccc(F)cc32)s1. The minimum Gasteiger partial charge on any atom is -0.480 e. The van der Waals surface area contributed by atoms with E-state index in [9.17, 15) is 14.0 Å². The van der Waals surface area contributed by atoms with Crippen LogP contribution >= 0.6 is 11.3 Å². The van der Waals surface area contributed by atoms with Crippen LogP contribution in [0.5, 0.6) is 0 Å². The number of rotatable bonds is 5. The Morgan fingerprint density at radius 1 is 1.35 bits per heavy atom. The van der Waals surface area contributed by atoms with Crippen LogP contribution in [0.15, 0.2) is 30.3 Å². The minimum atomic E-state index is -1.02. The summed E-state index contributed by atoms with van der Waals surface area (Å²) in [5, 5.41) is 11.2. The quantitative estimate of drug-likeness (QED) is 0.825. The summed E-state index contributed by atoms with van der Waals surface area (Å²) in [4.78, 5) is 24.1. The van der Waals surface area contributed by atoms with E-state index < -0.39 is 11.8 Å². The predicted molar refractivity (Wildman–Crippen MR) is 84.5 cm³/mol. The monoisotopic (exact) mass is 333 g/mol. The molecule has 1 aromatic heterocycles. The predicted octanol–water partition coefficient (Wildman–Crippen LogP) is 2.98. The summed E-state index contributed by atoms with van der Waals surface area (Å²) in [6.45, 7) is -0.166. The number of hydrogen-bond acceptors (Lipinski definition) is 4. The van der Waals surface area contributed by atoms with E-state index in [1.54, 1.807) is 12.1 Å². The maximum Gasteiger partial charge on any atom is 0.329 e. The lowest BCUT2D eigenvalue weighted by Gasteiger charge is -1.98. The third kappa shape index (κ3) is 3.46. The zero-order valence-corrected chi connectivity index (χ0v) is 12.7. The van der Waals surface area contributed by atoms with Crippen LogP contribution in [0, 0.1) is 5.82 Å².